The number of aromatic hydroxyl groups is 1. The van der Waals surface area contributed by atoms with Crippen LogP contribution in [0.25, 0.3) is 0 Å². The number of halogens is 3. The second-order valence-electron chi connectivity index (χ2n) is 7.16. The van der Waals surface area contributed by atoms with Gasteiger partial charge in [0.2, 0.25) is 0 Å². The van der Waals surface area contributed by atoms with Crippen molar-refractivity contribution in [3.05, 3.63) is 87.0 Å². The Morgan fingerprint density at radius 2 is 1.66 bits per heavy atom. The van der Waals surface area contributed by atoms with E-state index in [1.165, 1.54) is 61.7 Å². The summed E-state index contributed by atoms with van der Waals surface area (Å²) in [5, 5.41) is 12.6. The van der Waals surface area contributed by atoms with E-state index in [1.807, 2.05) is 0 Å². The molecule has 0 unspecified atom stereocenters. The predicted molar refractivity (Wildman–Crippen MR) is 132 cm³/mol. The summed E-state index contributed by atoms with van der Waals surface area (Å²) in [5.41, 5.74) is 0.589. The minimum atomic E-state index is -0.744. The normalized spacial score (nSPS) is 13.3. The lowest BCUT2D eigenvalue weighted by molar-refractivity contribution is -0.120. The number of methoxy groups -OCH3 is 1. The van der Waals surface area contributed by atoms with Crippen LogP contribution in [-0.2, 0) is 9.59 Å². The highest BCUT2D eigenvalue weighted by molar-refractivity contribution is 6.53. The lowest BCUT2D eigenvalue weighted by Crippen LogP contribution is -2.32. The zero-order valence-electron chi connectivity index (χ0n) is 17.8. The number of ether oxygens (including phenoxy) is 2. The number of nitrogens with one attached hydrogen (secondary N) is 1. The molecule has 0 saturated carbocycles. The summed E-state index contributed by atoms with van der Waals surface area (Å²) < 4.78 is 10.5. The van der Waals surface area contributed by atoms with Crippen molar-refractivity contribution < 1.29 is 29.0 Å². The van der Waals surface area contributed by atoms with Crippen molar-refractivity contribution in [2.24, 2.45) is 0 Å². The van der Waals surface area contributed by atoms with Gasteiger partial charge in [-0.2, -0.15) is 0 Å². The van der Waals surface area contributed by atoms with Crippen LogP contribution < -0.4 is 19.7 Å². The third-order valence-corrected chi connectivity index (χ3v) is 5.83. The Hall–Kier alpha value is -3.72. The first kappa shape index (κ1) is 24.4. The summed E-state index contributed by atoms with van der Waals surface area (Å²) in [7, 11) is 1.40. The number of benzene rings is 3. The summed E-state index contributed by atoms with van der Waals surface area (Å²) in [6.07, 6.45) is 0. The minimum Gasteiger partial charge on any atom is -0.506 e. The number of carbonyl (C=O) groups excluding carboxylic acids is 3. The molecule has 8 nitrogen and oxygen atoms in total. The number of hydrogen-bond donors (Lipinski definition) is 2. The van der Waals surface area contributed by atoms with E-state index >= 15 is 0 Å². The van der Waals surface area contributed by atoms with Crippen LogP contribution in [0.3, 0.4) is 0 Å². The summed E-state index contributed by atoms with van der Waals surface area (Å²) in [4.78, 5) is 39.0. The smallest absolute Gasteiger partial charge is 0.343 e. The predicted octanol–water partition coefficient (Wildman–Crippen LogP) is 5.36. The van der Waals surface area contributed by atoms with Gasteiger partial charge in [0, 0.05) is 16.8 Å². The van der Waals surface area contributed by atoms with Crippen molar-refractivity contribution in [2.45, 2.75) is 0 Å². The van der Waals surface area contributed by atoms with Crippen LogP contribution >= 0.6 is 34.8 Å². The van der Waals surface area contributed by atoms with E-state index in [4.69, 9.17) is 44.3 Å². The first-order chi connectivity index (χ1) is 16.7. The Kier molecular flexibility index (Phi) is 6.88. The fourth-order valence-electron chi connectivity index (χ4n) is 3.22. The van der Waals surface area contributed by atoms with Crippen LogP contribution in [0.1, 0.15) is 10.4 Å². The molecule has 0 saturated heterocycles. The number of nitrogens with zero attached hydrogens (tertiary/aromatic N) is 1. The molecular formula is C24H15Cl3N2O6. The SMILES string of the molecule is COc1ccc(Cl)cc1N1C(=O)C(Cl)=C(Nc2ccc(C(=O)Oc3ccc(Cl)c(O)c3)cc2)C1=O. The molecule has 3 aromatic carbocycles. The first-order valence-electron chi connectivity index (χ1n) is 9.89. The topological polar surface area (TPSA) is 105 Å². The Balaban J connectivity index is 1.51. The molecule has 1 aliphatic rings. The molecule has 0 aromatic heterocycles. The van der Waals surface area contributed by atoms with E-state index in [0.29, 0.717) is 10.7 Å². The molecule has 0 atom stereocenters. The zero-order chi connectivity index (χ0) is 25.3. The van der Waals surface area contributed by atoms with Crippen LogP contribution in [0.15, 0.2) is 71.4 Å². The molecule has 178 valence electrons. The zero-order valence-corrected chi connectivity index (χ0v) is 20.1. The second-order valence-corrected chi connectivity index (χ2v) is 8.38. The van der Waals surface area contributed by atoms with Gasteiger partial charge in [0.15, 0.2) is 0 Å². The summed E-state index contributed by atoms with van der Waals surface area (Å²) >= 11 is 18.0. The summed E-state index contributed by atoms with van der Waals surface area (Å²) in [5.74, 6) is -1.97. The number of phenols is 1. The highest BCUT2D eigenvalue weighted by Gasteiger charge is 2.40. The number of amides is 2. The van der Waals surface area contributed by atoms with Gasteiger partial charge in [-0.25, -0.2) is 9.69 Å². The molecule has 0 fully saturated rings. The van der Waals surface area contributed by atoms with Crippen LogP contribution in [0, 0.1) is 0 Å². The molecule has 0 radical (unpaired) electrons. The number of hydrogen-bond acceptors (Lipinski definition) is 7. The van der Waals surface area contributed by atoms with Gasteiger partial charge in [-0.05, 0) is 54.6 Å². The van der Waals surface area contributed by atoms with Crippen molar-refractivity contribution in [2.75, 3.05) is 17.3 Å². The van der Waals surface area contributed by atoms with Crippen LogP contribution in [-0.4, -0.2) is 30.0 Å². The Morgan fingerprint density at radius 1 is 0.943 bits per heavy atom. The molecule has 2 N–H and O–H groups in total. The fourth-order valence-corrected chi connectivity index (χ4v) is 3.72. The first-order valence-corrected chi connectivity index (χ1v) is 11.0. The standard InChI is InChI=1S/C24H15Cl3N2O6/c1-34-19-9-4-13(25)10-17(19)29-22(31)20(27)21(23(29)32)28-14-5-2-12(3-6-14)24(33)35-15-7-8-16(26)18(30)11-15/h2-11,28,30H,1H3. The second kappa shape index (κ2) is 9.87. The van der Waals surface area contributed by atoms with Gasteiger partial charge < -0.3 is 19.9 Å². The number of esters is 1. The molecule has 0 aliphatic carbocycles. The van der Waals surface area contributed by atoms with E-state index in [1.54, 1.807) is 6.07 Å². The van der Waals surface area contributed by atoms with E-state index in [0.717, 1.165) is 4.90 Å². The van der Waals surface area contributed by atoms with Crippen molar-refractivity contribution >= 4 is 64.0 Å². The largest absolute Gasteiger partial charge is 0.506 e. The van der Waals surface area contributed by atoms with E-state index in [9.17, 15) is 19.5 Å². The Labute approximate surface area is 214 Å². The monoisotopic (exact) mass is 532 g/mol. The average Bonchev–Trinajstić information content (AvgIpc) is 3.04. The molecule has 4 rings (SSSR count). The maximum Gasteiger partial charge on any atom is 0.343 e. The third-order valence-electron chi connectivity index (χ3n) is 4.93. The van der Waals surface area contributed by atoms with Crippen LogP contribution in [0.4, 0.5) is 11.4 Å². The van der Waals surface area contributed by atoms with Crippen molar-refractivity contribution in [3.63, 3.8) is 0 Å². The van der Waals surface area contributed by atoms with E-state index in [2.05, 4.69) is 5.32 Å². The molecule has 11 heteroatoms. The fraction of sp³-hybridized carbons (Fsp3) is 0.0417. The summed E-state index contributed by atoms with van der Waals surface area (Å²) in [6, 6.07) is 14.5. The third kappa shape index (κ3) is 4.90. The number of phenolic OH excluding ortho intramolecular Hbond substituents is 1. The molecule has 1 aliphatic heterocycles. The van der Waals surface area contributed by atoms with Gasteiger partial charge in [0.1, 0.15) is 28.0 Å². The van der Waals surface area contributed by atoms with Gasteiger partial charge in [0.05, 0.1) is 23.4 Å². The molecule has 2 amide bonds. The average molecular weight is 534 g/mol. The van der Waals surface area contributed by atoms with E-state index < -0.39 is 17.8 Å². The van der Waals surface area contributed by atoms with Gasteiger partial charge in [-0.3, -0.25) is 9.59 Å². The Morgan fingerprint density at radius 3 is 2.31 bits per heavy atom. The molecule has 35 heavy (non-hydrogen) atoms. The molecule has 1 heterocycles. The summed E-state index contributed by atoms with van der Waals surface area (Å²) in [6.45, 7) is 0. The molecule has 0 spiro atoms. The van der Waals surface area contributed by atoms with Crippen molar-refractivity contribution in [1.29, 1.82) is 0 Å². The van der Waals surface area contributed by atoms with Crippen molar-refractivity contribution in [1.82, 2.24) is 0 Å². The molecule has 3 aromatic rings. The van der Waals surface area contributed by atoms with Gasteiger partial charge in [0.25, 0.3) is 11.8 Å². The quantitative estimate of drug-likeness (QED) is 0.250. The molecular weight excluding hydrogens is 519 g/mol. The number of imide groups is 1. The highest BCUT2D eigenvalue weighted by Crippen LogP contribution is 2.37. The molecule has 0 bridgehead atoms. The van der Waals surface area contributed by atoms with Gasteiger partial charge in [-0.15, -0.1) is 0 Å². The number of anilines is 2. The number of carbonyl (C=O) groups is 3. The highest BCUT2D eigenvalue weighted by atomic mass is 35.5. The van der Waals surface area contributed by atoms with Crippen molar-refractivity contribution in [3.8, 4) is 17.2 Å². The number of rotatable bonds is 6. The van der Waals surface area contributed by atoms with Crippen LogP contribution in [0.2, 0.25) is 10.0 Å². The van der Waals surface area contributed by atoms with Crippen LogP contribution in [0.5, 0.6) is 17.2 Å². The lowest BCUT2D eigenvalue weighted by atomic mass is 10.2. The Bertz CT molecular complexity index is 1390. The van der Waals surface area contributed by atoms with Gasteiger partial charge >= 0.3 is 5.97 Å². The maximum atomic E-state index is 13.0. The lowest BCUT2D eigenvalue weighted by Gasteiger charge is -2.18. The minimum absolute atomic E-state index is 0.114. The van der Waals surface area contributed by atoms with E-state index in [-0.39, 0.29) is 44.3 Å². The van der Waals surface area contributed by atoms with Gasteiger partial charge in [-0.1, -0.05) is 34.8 Å². The maximum absolute atomic E-state index is 13.0.